The lowest BCUT2D eigenvalue weighted by Gasteiger charge is -2.34. The van der Waals surface area contributed by atoms with E-state index in [0.717, 1.165) is 61.0 Å². The van der Waals surface area contributed by atoms with Crippen molar-refractivity contribution in [2.75, 3.05) is 38.6 Å². The van der Waals surface area contributed by atoms with Gasteiger partial charge in [0.05, 0.1) is 19.2 Å². The zero-order valence-corrected chi connectivity index (χ0v) is 23.4. The largest absolute Gasteiger partial charge is 0.467 e. The highest BCUT2D eigenvalue weighted by Gasteiger charge is 2.25. The van der Waals surface area contributed by atoms with E-state index in [9.17, 15) is 4.79 Å². The smallest absolute Gasteiger partial charge is 0.328 e. The molecule has 0 saturated carbocycles. The number of hydrogen-bond donors (Lipinski definition) is 1. The number of aromatic nitrogens is 2. The second-order valence-corrected chi connectivity index (χ2v) is 10.5. The molecule has 208 valence electrons. The summed E-state index contributed by atoms with van der Waals surface area (Å²) in [6, 6.07) is 25.6. The Morgan fingerprint density at radius 2 is 1.52 bits per heavy atom. The van der Waals surface area contributed by atoms with E-state index < -0.39 is 6.04 Å². The molecule has 1 fully saturated rings. The van der Waals surface area contributed by atoms with E-state index in [0.29, 0.717) is 12.4 Å². The second-order valence-electron chi connectivity index (χ2n) is 10.5. The highest BCUT2D eigenvalue weighted by Crippen LogP contribution is 2.25. The summed E-state index contributed by atoms with van der Waals surface area (Å²) in [5.74, 6) is 2.85. The van der Waals surface area contributed by atoms with E-state index in [1.165, 1.54) is 12.7 Å². The van der Waals surface area contributed by atoms with Gasteiger partial charge in [-0.15, -0.1) is 0 Å². The lowest BCUT2D eigenvalue weighted by Crippen LogP contribution is -2.45. The molecule has 0 unspecified atom stereocenters. The number of methoxy groups -OCH3 is 1. The van der Waals surface area contributed by atoms with Gasteiger partial charge >= 0.3 is 5.97 Å². The fourth-order valence-electron chi connectivity index (χ4n) is 4.97. The van der Waals surface area contributed by atoms with Crippen molar-refractivity contribution in [3.05, 3.63) is 90.3 Å². The molecule has 8 heteroatoms. The lowest BCUT2D eigenvalue weighted by atomic mass is 10.0. The number of para-hydroxylation sites is 2. The van der Waals surface area contributed by atoms with Crippen molar-refractivity contribution in [2.24, 2.45) is 5.92 Å². The highest BCUT2D eigenvalue weighted by atomic mass is 16.5. The van der Waals surface area contributed by atoms with Crippen molar-refractivity contribution in [1.29, 1.82) is 0 Å². The Labute approximate surface area is 235 Å². The van der Waals surface area contributed by atoms with Gasteiger partial charge in [-0.2, -0.15) is 0 Å². The van der Waals surface area contributed by atoms with E-state index in [2.05, 4.69) is 33.3 Å². The zero-order chi connectivity index (χ0) is 27.9. The number of carbonyl (C=O) groups is 1. The maximum Gasteiger partial charge on any atom is 0.328 e. The molecule has 1 aliphatic heterocycles. The lowest BCUT2D eigenvalue weighted by molar-refractivity contribution is -0.142. The first-order chi connectivity index (χ1) is 19.5. The predicted octanol–water partition coefficient (Wildman–Crippen LogP) is 5.35. The zero-order valence-electron chi connectivity index (χ0n) is 23.4. The first-order valence-electron chi connectivity index (χ1n) is 13.8. The molecule has 0 bridgehead atoms. The van der Waals surface area contributed by atoms with Crippen molar-refractivity contribution < 1.29 is 14.3 Å². The van der Waals surface area contributed by atoms with E-state index in [1.54, 1.807) is 0 Å². The van der Waals surface area contributed by atoms with Crippen LogP contribution in [0.4, 0.5) is 5.82 Å². The highest BCUT2D eigenvalue weighted by molar-refractivity contribution is 5.91. The van der Waals surface area contributed by atoms with E-state index in [1.807, 2.05) is 74.5 Å². The quantitative estimate of drug-likeness (QED) is 0.270. The van der Waals surface area contributed by atoms with Gasteiger partial charge in [0.15, 0.2) is 0 Å². The van der Waals surface area contributed by atoms with Gasteiger partial charge in [-0.25, -0.2) is 14.8 Å². The van der Waals surface area contributed by atoms with E-state index in [4.69, 9.17) is 19.4 Å². The number of rotatable bonds is 10. The molecule has 2 heterocycles. The Morgan fingerprint density at radius 3 is 2.25 bits per heavy atom. The topological polar surface area (TPSA) is 79.8 Å². The van der Waals surface area contributed by atoms with Crippen LogP contribution < -0.4 is 10.1 Å². The average Bonchev–Trinajstić information content (AvgIpc) is 2.97. The fourth-order valence-corrected chi connectivity index (χ4v) is 4.97. The molecule has 5 rings (SSSR count). The Morgan fingerprint density at radius 1 is 0.850 bits per heavy atom. The second kappa shape index (κ2) is 12.9. The molecule has 0 aliphatic carbocycles. The number of hydrogen-bond acceptors (Lipinski definition) is 8. The van der Waals surface area contributed by atoms with Crippen LogP contribution in [0.15, 0.2) is 78.9 Å². The molecule has 1 saturated heterocycles. The Hall–Kier alpha value is -4.01. The molecule has 3 aromatic carbocycles. The van der Waals surface area contributed by atoms with Crippen molar-refractivity contribution >= 4 is 22.7 Å². The molecular formula is C32H37N5O3. The third kappa shape index (κ3) is 6.94. The SMILES string of the molecule is COC(=O)[C@@H](Nc1nc(CN2CCN(Cc3cccc(Oc4ccccc4)c3)CC2)nc2ccccc12)C(C)C. The molecule has 0 spiro atoms. The molecule has 0 amide bonds. The van der Waals surface area contributed by atoms with Crippen molar-refractivity contribution in [3.8, 4) is 11.5 Å². The Kier molecular flexibility index (Phi) is 8.88. The Balaban J connectivity index is 1.21. The first-order valence-corrected chi connectivity index (χ1v) is 13.8. The number of nitrogens with zero attached hydrogens (tertiary/aromatic N) is 4. The summed E-state index contributed by atoms with van der Waals surface area (Å²) >= 11 is 0. The number of nitrogens with one attached hydrogen (secondary N) is 1. The number of carbonyl (C=O) groups excluding carboxylic acids is 1. The first kappa shape index (κ1) is 27.6. The standard InChI is InChI=1S/C32H37N5O3/c1-23(2)30(32(38)39-3)35-31-27-14-7-8-15-28(27)33-29(34-31)22-37-18-16-36(17-19-37)21-24-10-9-13-26(20-24)40-25-11-5-4-6-12-25/h4-15,20,23,30H,16-19,21-22H2,1-3H3,(H,33,34,35)/t30-/m0/s1. The van der Waals surface area contributed by atoms with Crippen LogP contribution in [0, 0.1) is 5.92 Å². The van der Waals surface area contributed by atoms with Gasteiger partial charge in [-0.05, 0) is 47.9 Å². The molecule has 1 N–H and O–H groups in total. The maximum atomic E-state index is 12.4. The molecule has 8 nitrogen and oxygen atoms in total. The van der Waals surface area contributed by atoms with Gasteiger partial charge in [0.2, 0.25) is 0 Å². The van der Waals surface area contributed by atoms with Crippen molar-refractivity contribution in [1.82, 2.24) is 19.8 Å². The summed E-state index contributed by atoms with van der Waals surface area (Å²) < 4.78 is 11.0. The number of anilines is 1. The van der Waals surface area contributed by atoms with Crippen LogP contribution in [0.2, 0.25) is 0 Å². The Bertz CT molecular complexity index is 1420. The summed E-state index contributed by atoms with van der Waals surface area (Å²) in [6.45, 7) is 9.28. The normalized spacial score (nSPS) is 15.2. The third-order valence-electron chi connectivity index (χ3n) is 7.18. The molecule has 1 aliphatic rings. The maximum absolute atomic E-state index is 12.4. The number of esters is 1. The van der Waals surface area contributed by atoms with E-state index >= 15 is 0 Å². The number of benzene rings is 3. The van der Waals surface area contributed by atoms with Crippen LogP contribution in [0.25, 0.3) is 10.9 Å². The van der Waals surface area contributed by atoms with Gasteiger partial charge < -0.3 is 14.8 Å². The summed E-state index contributed by atoms with van der Waals surface area (Å²) in [7, 11) is 1.41. The third-order valence-corrected chi connectivity index (χ3v) is 7.18. The molecule has 4 aromatic rings. The minimum Gasteiger partial charge on any atom is -0.467 e. The predicted molar refractivity (Wildman–Crippen MR) is 157 cm³/mol. The van der Waals surface area contributed by atoms with Gasteiger partial charge in [0, 0.05) is 38.1 Å². The summed E-state index contributed by atoms with van der Waals surface area (Å²) in [6.07, 6.45) is 0. The van der Waals surface area contributed by atoms with Crippen LogP contribution in [0.3, 0.4) is 0 Å². The fraction of sp³-hybridized carbons (Fsp3) is 0.344. The summed E-state index contributed by atoms with van der Waals surface area (Å²) in [5, 5.41) is 4.23. The van der Waals surface area contributed by atoms with Gasteiger partial charge in [-0.1, -0.05) is 56.3 Å². The number of ether oxygens (including phenoxy) is 2. The van der Waals surface area contributed by atoms with Crippen LogP contribution in [-0.2, 0) is 22.6 Å². The summed E-state index contributed by atoms with van der Waals surface area (Å²) in [5.41, 5.74) is 2.10. The molecule has 1 aromatic heterocycles. The minimum absolute atomic E-state index is 0.0447. The van der Waals surface area contributed by atoms with Gasteiger partial charge in [0.25, 0.3) is 0 Å². The molecule has 1 atom stereocenters. The van der Waals surface area contributed by atoms with Crippen LogP contribution in [0.1, 0.15) is 25.2 Å². The summed E-state index contributed by atoms with van der Waals surface area (Å²) in [4.78, 5) is 27.0. The van der Waals surface area contributed by atoms with Crippen LogP contribution in [-0.4, -0.2) is 65.1 Å². The van der Waals surface area contributed by atoms with Crippen molar-refractivity contribution in [3.63, 3.8) is 0 Å². The van der Waals surface area contributed by atoms with Crippen LogP contribution in [0.5, 0.6) is 11.5 Å². The number of fused-ring (bicyclic) bond motifs is 1. The molecule has 40 heavy (non-hydrogen) atoms. The van der Waals surface area contributed by atoms with Crippen molar-refractivity contribution in [2.45, 2.75) is 33.0 Å². The average molecular weight is 540 g/mol. The van der Waals surface area contributed by atoms with Crippen LogP contribution >= 0.6 is 0 Å². The monoisotopic (exact) mass is 539 g/mol. The van der Waals surface area contributed by atoms with Gasteiger partial charge in [-0.3, -0.25) is 9.80 Å². The van der Waals surface area contributed by atoms with E-state index in [-0.39, 0.29) is 11.9 Å². The molecular weight excluding hydrogens is 502 g/mol. The van der Waals surface area contributed by atoms with Gasteiger partial charge in [0.1, 0.15) is 29.2 Å². The number of piperazine rings is 1. The molecule has 0 radical (unpaired) electrons. The minimum atomic E-state index is -0.490.